The molecular weight excluding hydrogens is 332 g/mol. The van der Waals surface area contributed by atoms with Crippen LogP contribution in [0.25, 0.3) is 0 Å². The SMILES string of the molecule is CSCc1ccc(C(=O)NCC(=O)Nc2c(C)cc(C)cc2C)cc1. The number of aryl methyl sites for hydroxylation is 3. The topological polar surface area (TPSA) is 58.2 Å². The standard InChI is InChI=1S/C20H24N2O2S/c1-13-9-14(2)19(15(3)10-13)22-18(23)11-21-20(24)17-7-5-16(6-8-17)12-25-4/h5-10H,11-12H2,1-4H3,(H,21,24)(H,22,23). The molecule has 0 aliphatic heterocycles. The number of hydrogen-bond donors (Lipinski definition) is 2. The van der Waals surface area contributed by atoms with E-state index in [4.69, 9.17) is 0 Å². The molecule has 132 valence electrons. The summed E-state index contributed by atoms with van der Waals surface area (Å²) in [4.78, 5) is 24.3. The summed E-state index contributed by atoms with van der Waals surface area (Å²) in [7, 11) is 0. The summed E-state index contributed by atoms with van der Waals surface area (Å²) in [6.07, 6.45) is 2.04. The summed E-state index contributed by atoms with van der Waals surface area (Å²) in [5.74, 6) is 0.435. The Hall–Kier alpha value is -2.27. The highest BCUT2D eigenvalue weighted by Crippen LogP contribution is 2.21. The third-order valence-electron chi connectivity index (χ3n) is 3.88. The molecule has 2 N–H and O–H groups in total. The molecule has 0 heterocycles. The van der Waals surface area contributed by atoms with E-state index in [2.05, 4.69) is 10.6 Å². The molecule has 2 rings (SSSR count). The highest BCUT2D eigenvalue weighted by atomic mass is 32.2. The van der Waals surface area contributed by atoms with E-state index in [0.717, 1.165) is 28.1 Å². The maximum atomic E-state index is 12.2. The zero-order valence-electron chi connectivity index (χ0n) is 15.1. The quantitative estimate of drug-likeness (QED) is 0.827. The van der Waals surface area contributed by atoms with Crippen LogP contribution in [0.2, 0.25) is 0 Å². The van der Waals surface area contributed by atoms with Gasteiger partial charge in [0.25, 0.3) is 5.91 Å². The van der Waals surface area contributed by atoms with E-state index in [1.54, 1.807) is 23.9 Å². The van der Waals surface area contributed by atoms with Gasteiger partial charge in [-0.25, -0.2) is 0 Å². The van der Waals surface area contributed by atoms with Crippen molar-refractivity contribution in [2.45, 2.75) is 26.5 Å². The van der Waals surface area contributed by atoms with Crippen LogP contribution in [0.4, 0.5) is 5.69 Å². The zero-order chi connectivity index (χ0) is 18.4. The van der Waals surface area contributed by atoms with Gasteiger partial charge in [0.1, 0.15) is 0 Å². The summed E-state index contributed by atoms with van der Waals surface area (Å²) in [6, 6.07) is 11.5. The van der Waals surface area contributed by atoms with Crippen LogP contribution < -0.4 is 10.6 Å². The third-order valence-corrected chi connectivity index (χ3v) is 4.50. The average molecular weight is 356 g/mol. The van der Waals surface area contributed by atoms with E-state index >= 15 is 0 Å². The molecule has 2 aromatic rings. The Morgan fingerprint density at radius 1 is 1.00 bits per heavy atom. The van der Waals surface area contributed by atoms with Crippen molar-refractivity contribution in [3.63, 3.8) is 0 Å². The van der Waals surface area contributed by atoms with Crippen LogP contribution in [0.3, 0.4) is 0 Å². The van der Waals surface area contributed by atoms with Gasteiger partial charge in [-0.3, -0.25) is 9.59 Å². The molecule has 0 saturated carbocycles. The van der Waals surface area contributed by atoms with Crippen molar-refractivity contribution in [1.82, 2.24) is 5.32 Å². The third kappa shape index (κ3) is 5.36. The average Bonchev–Trinajstić information content (AvgIpc) is 2.57. The highest BCUT2D eigenvalue weighted by molar-refractivity contribution is 7.97. The van der Waals surface area contributed by atoms with Gasteiger partial charge in [0.15, 0.2) is 0 Å². The maximum Gasteiger partial charge on any atom is 0.251 e. The van der Waals surface area contributed by atoms with Crippen LogP contribution in [0.1, 0.15) is 32.6 Å². The lowest BCUT2D eigenvalue weighted by molar-refractivity contribution is -0.115. The van der Waals surface area contributed by atoms with Gasteiger partial charge in [-0.05, 0) is 55.9 Å². The Labute approximate surface area is 153 Å². The van der Waals surface area contributed by atoms with Gasteiger partial charge < -0.3 is 10.6 Å². The van der Waals surface area contributed by atoms with Gasteiger partial charge in [0, 0.05) is 17.0 Å². The lowest BCUT2D eigenvalue weighted by Gasteiger charge is -2.13. The first-order valence-electron chi connectivity index (χ1n) is 8.14. The molecule has 0 fully saturated rings. The summed E-state index contributed by atoms with van der Waals surface area (Å²) in [6.45, 7) is 5.89. The number of nitrogens with one attached hydrogen (secondary N) is 2. The van der Waals surface area contributed by atoms with Crippen molar-refractivity contribution in [3.05, 3.63) is 64.2 Å². The van der Waals surface area contributed by atoms with Crippen molar-refractivity contribution in [2.24, 2.45) is 0 Å². The smallest absolute Gasteiger partial charge is 0.251 e. The van der Waals surface area contributed by atoms with Gasteiger partial charge in [0.2, 0.25) is 5.91 Å². The van der Waals surface area contributed by atoms with Crippen molar-refractivity contribution < 1.29 is 9.59 Å². The molecule has 2 aromatic carbocycles. The van der Waals surface area contributed by atoms with Crippen molar-refractivity contribution in [3.8, 4) is 0 Å². The van der Waals surface area contributed by atoms with Gasteiger partial charge in [-0.15, -0.1) is 0 Å². The monoisotopic (exact) mass is 356 g/mol. The van der Waals surface area contributed by atoms with Crippen LogP contribution >= 0.6 is 11.8 Å². The lowest BCUT2D eigenvalue weighted by atomic mass is 10.1. The van der Waals surface area contributed by atoms with Crippen LogP contribution in [0.15, 0.2) is 36.4 Å². The number of carbonyl (C=O) groups is 2. The molecule has 25 heavy (non-hydrogen) atoms. The van der Waals surface area contributed by atoms with Gasteiger partial charge in [-0.2, -0.15) is 11.8 Å². The molecule has 0 unspecified atom stereocenters. The van der Waals surface area contributed by atoms with E-state index < -0.39 is 0 Å². The second kappa shape index (κ2) is 8.72. The molecule has 0 bridgehead atoms. The van der Waals surface area contributed by atoms with Crippen LogP contribution in [0, 0.1) is 20.8 Å². The minimum Gasteiger partial charge on any atom is -0.343 e. The molecule has 0 aromatic heterocycles. The highest BCUT2D eigenvalue weighted by Gasteiger charge is 2.11. The minimum absolute atomic E-state index is 0.0574. The fourth-order valence-electron chi connectivity index (χ4n) is 2.74. The van der Waals surface area contributed by atoms with Gasteiger partial charge >= 0.3 is 0 Å². The predicted octanol–water partition coefficient (Wildman–Crippen LogP) is 3.84. The van der Waals surface area contributed by atoms with Crippen molar-refractivity contribution in [1.29, 1.82) is 0 Å². The number of carbonyl (C=O) groups excluding carboxylic acids is 2. The van der Waals surface area contributed by atoms with Gasteiger partial charge in [0.05, 0.1) is 6.54 Å². The van der Waals surface area contributed by atoms with E-state index in [1.165, 1.54) is 5.56 Å². The Balaban J connectivity index is 1.92. The van der Waals surface area contributed by atoms with E-state index in [1.807, 2.05) is 51.3 Å². The molecule has 0 spiro atoms. The first-order chi connectivity index (χ1) is 11.9. The first kappa shape index (κ1) is 19.1. The second-order valence-corrected chi connectivity index (χ2v) is 7.00. The number of thioether (sulfide) groups is 1. The van der Waals surface area contributed by atoms with Gasteiger partial charge in [-0.1, -0.05) is 29.8 Å². The normalized spacial score (nSPS) is 10.4. The Morgan fingerprint density at radius 2 is 1.60 bits per heavy atom. The number of amides is 2. The first-order valence-corrected chi connectivity index (χ1v) is 9.54. The molecule has 5 heteroatoms. The predicted molar refractivity (Wildman–Crippen MR) is 105 cm³/mol. The van der Waals surface area contributed by atoms with Crippen LogP contribution in [-0.4, -0.2) is 24.6 Å². The Bertz CT molecular complexity index is 747. The number of hydrogen-bond acceptors (Lipinski definition) is 3. The molecule has 2 amide bonds. The Kier molecular flexibility index (Phi) is 6.65. The molecule has 0 atom stereocenters. The van der Waals surface area contributed by atoms with Crippen molar-refractivity contribution in [2.75, 3.05) is 18.1 Å². The second-order valence-electron chi connectivity index (χ2n) is 6.13. The number of benzene rings is 2. The zero-order valence-corrected chi connectivity index (χ0v) is 15.9. The Morgan fingerprint density at radius 3 is 2.16 bits per heavy atom. The largest absolute Gasteiger partial charge is 0.343 e. The molecular formula is C20H24N2O2S. The van der Waals surface area contributed by atoms with Crippen LogP contribution in [0.5, 0.6) is 0 Å². The number of rotatable bonds is 6. The molecule has 0 aliphatic rings. The van der Waals surface area contributed by atoms with Crippen LogP contribution in [-0.2, 0) is 10.5 Å². The molecule has 0 radical (unpaired) electrons. The van der Waals surface area contributed by atoms with E-state index in [9.17, 15) is 9.59 Å². The maximum absolute atomic E-state index is 12.2. The summed E-state index contributed by atoms with van der Waals surface area (Å²) in [5.41, 5.74) is 5.73. The molecule has 0 aliphatic carbocycles. The molecule has 4 nitrogen and oxygen atoms in total. The van der Waals surface area contributed by atoms with E-state index in [-0.39, 0.29) is 18.4 Å². The fraction of sp³-hybridized carbons (Fsp3) is 0.300. The summed E-state index contributed by atoms with van der Waals surface area (Å²) in [5, 5.41) is 5.55. The number of anilines is 1. The van der Waals surface area contributed by atoms with Crippen molar-refractivity contribution >= 4 is 29.3 Å². The van der Waals surface area contributed by atoms with E-state index in [0.29, 0.717) is 5.56 Å². The summed E-state index contributed by atoms with van der Waals surface area (Å²) >= 11 is 1.73. The fourth-order valence-corrected chi connectivity index (χ4v) is 3.27. The minimum atomic E-state index is -0.247. The lowest BCUT2D eigenvalue weighted by Crippen LogP contribution is -2.33. The molecule has 0 saturated heterocycles. The summed E-state index contributed by atoms with van der Waals surface area (Å²) < 4.78 is 0.